The fourth-order valence-corrected chi connectivity index (χ4v) is 2.28. The standard InChI is InChI=1S/C13H15ClN4S/c1-3-18(9-10-6-4-5-7-15-10)12-8-11(14)16-13(17-12)19-2/h4-8H,3,9H2,1-2H3. The molecule has 100 valence electrons. The van der Waals surface area contributed by atoms with Gasteiger partial charge in [-0.3, -0.25) is 4.98 Å². The summed E-state index contributed by atoms with van der Waals surface area (Å²) in [6, 6.07) is 7.68. The summed E-state index contributed by atoms with van der Waals surface area (Å²) >= 11 is 7.51. The van der Waals surface area contributed by atoms with Crippen molar-refractivity contribution in [2.75, 3.05) is 17.7 Å². The van der Waals surface area contributed by atoms with Crippen molar-refractivity contribution in [1.82, 2.24) is 15.0 Å². The fourth-order valence-electron chi connectivity index (χ4n) is 1.68. The first kappa shape index (κ1) is 14.1. The fraction of sp³-hybridized carbons (Fsp3) is 0.308. The molecule has 0 N–H and O–H groups in total. The molecule has 0 unspecified atom stereocenters. The highest BCUT2D eigenvalue weighted by Crippen LogP contribution is 2.21. The maximum atomic E-state index is 6.03. The zero-order valence-electron chi connectivity index (χ0n) is 10.9. The second-order valence-electron chi connectivity index (χ2n) is 3.87. The van der Waals surface area contributed by atoms with Crippen LogP contribution in [0.4, 0.5) is 5.82 Å². The highest BCUT2D eigenvalue weighted by molar-refractivity contribution is 7.98. The van der Waals surface area contributed by atoms with Gasteiger partial charge in [-0.25, -0.2) is 9.97 Å². The molecule has 0 fully saturated rings. The Morgan fingerprint density at radius 2 is 2.16 bits per heavy atom. The van der Waals surface area contributed by atoms with Gasteiger partial charge in [0.1, 0.15) is 11.0 Å². The predicted molar refractivity (Wildman–Crippen MR) is 79.8 cm³/mol. The van der Waals surface area contributed by atoms with Crippen molar-refractivity contribution in [3.63, 3.8) is 0 Å². The van der Waals surface area contributed by atoms with E-state index in [1.165, 1.54) is 11.8 Å². The van der Waals surface area contributed by atoms with E-state index in [0.29, 0.717) is 16.9 Å². The molecule has 0 spiro atoms. The minimum atomic E-state index is 0.467. The van der Waals surface area contributed by atoms with Crippen LogP contribution in [-0.2, 0) is 6.54 Å². The van der Waals surface area contributed by atoms with Gasteiger partial charge in [0.05, 0.1) is 12.2 Å². The average Bonchev–Trinajstić information content (AvgIpc) is 2.45. The first-order valence-corrected chi connectivity index (χ1v) is 7.56. The molecule has 2 aromatic heterocycles. The summed E-state index contributed by atoms with van der Waals surface area (Å²) in [6.07, 6.45) is 3.73. The van der Waals surface area contributed by atoms with E-state index in [-0.39, 0.29) is 0 Å². The summed E-state index contributed by atoms with van der Waals surface area (Å²) in [6.45, 7) is 3.62. The highest BCUT2D eigenvalue weighted by atomic mass is 35.5. The normalized spacial score (nSPS) is 10.5. The Balaban J connectivity index is 2.24. The lowest BCUT2D eigenvalue weighted by Crippen LogP contribution is -2.24. The first-order chi connectivity index (χ1) is 9.22. The third-order valence-electron chi connectivity index (χ3n) is 2.63. The van der Waals surface area contributed by atoms with Gasteiger partial charge in [0.15, 0.2) is 5.16 Å². The average molecular weight is 295 g/mol. The molecule has 6 heteroatoms. The Morgan fingerprint density at radius 3 is 2.79 bits per heavy atom. The lowest BCUT2D eigenvalue weighted by atomic mass is 10.3. The SMILES string of the molecule is CCN(Cc1ccccn1)c1cc(Cl)nc(SC)n1. The molecule has 2 heterocycles. The zero-order valence-corrected chi connectivity index (χ0v) is 12.4. The van der Waals surface area contributed by atoms with Gasteiger partial charge in [0.25, 0.3) is 0 Å². The number of nitrogens with zero attached hydrogens (tertiary/aromatic N) is 4. The first-order valence-electron chi connectivity index (χ1n) is 5.96. The van der Waals surface area contributed by atoms with Gasteiger partial charge in [-0.15, -0.1) is 0 Å². The topological polar surface area (TPSA) is 41.9 Å². The number of rotatable bonds is 5. The van der Waals surface area contributed by atoms with Crippen LogP contribution in [0.2, 0.25) is 5.15 Å². The van der Waals surface area contributed by atoms with Crippen LogP contribution in [0.25, 0.3) is 0 Å². The number of pyridine rings is 1. The molecule has 0 aliphatic heterocycles. The van der Waals surface area contributed by atoms with Crippen LogP contribution in [0.3, 0.4) is 0 Å². The smallest absolute Gasteiger partial charge is 0.190 e. The minimum Gasteiger partial charge on any atom is -0.351 e. The number of halogens is 1. The molecule has 0 bridgehead atoms. The summed E-state index contributed by atoms with van der Waals surface area (Å²) < 4.78 is 0. The monoisotopic (exact) mass is 294 g/mol. The second-order valence-corrected chi connectivity index (χ2v) is 5.03. The van der Waals surface area contributed by atoms with E-state index in [4.69, 9.17) is 11.6 Å². The molecule has 0 radical (unpaired) electrons. The molecule has 0 saturated heterocycles. The van der Waals surface area contributed by atoms with Crippen molar-refractivity contribution in [1.29, 1.82) is 0 Å². The Kier molecular flexibility index (Phi) is 4.99. The van der Waals surface area contributed by atoms with E-state index in [0.717, 1.165) is 18.1 Å². The number of hydrogen-bond acceptors (Lipinski definition) is 5. The maximum Gasteiger partial charge on any atom is 0.190 e. The van der Waals surface area contributed by atoms with Gasteiger partial charge >= 0.3 is 0 Å². The number of thioether (sulfide) groups is 1. The molecule has 2 aromatic rings. The molecule has 0 atom stereocenters. The molecule has 0 saturated carbocycles. The quantitative estimate of drug-likeness (QED) is 0.481. The lowest BCUT2D eigenvalue weighted by Gasteiger charge is -2.21. The lowest BCUT2D eigenvalue weighted by molar-refractivity contribution is 0.777. The molecular weight excluding hydrogens is 280 g/mol. The van der Waals surface area contributed by atoms with E-state index >= 15 is 0 Å². The molecule has 0 aliphatic carbocycles. The van der Waals surface area contributed by atoms with Crippen molar-refractivity contribution in [3.05, 3.63) is 41.3 Å². The highest BCUT2D eigenvalue weighted by Gasteiger charge is 2.10. The van der Waals surface area contributed by atoms with Crippen LogP contribution in [0.1, 0.15) is 12.6 Å². The van der Waals surface area contributed by atoms with Crippen LogP contribution in [-0.4, -0.2) is 27.8 Å². The molecule has 4 nitrogen and oxygen atoms in total. The minimum absolute atomic E-state index is 0.467. The third kappa shape index (κ3) is 3.81. The van der Waals surface area contributed by atoms with Crippen LogP contribution in [0.15, 0.2) is 35.6 Å². The van der Waals surface area contributed by atoms with Gasteiger partial charge < -0.3 is 4.90 Å². The molecule has 0 amide bonds. The van der Waals surface area contributed by atoms with Crippen molar-refractivity contribution >= 4 is 29.2 Å². The third-order valence-corrected chi connectivity index (χ3v) is 3.37. The Labute approximate surface area is 122 Å². The number of hydrogen-bond donors (Lipinski definition) is 0. The predicted octanol–water partition coefficient (Wildman–Crippen LogP) is 3.27. The summed E-state index contributed by atoms with van der Waals surface area (Å²) in [5, 5.41) is 1.15. The summed E-state index contributed by atoms with van der Waals surface area (Å²) in [5.41, 5.74) is 1.00. The van der Waals surface area contributed by atoms with E-state index in [1.54, 1.807) is 12.3 Å². The number of aromatic nitrogens is 3. The van der Waals surface area contributed by atoms with Crippen LogP contribution >= 0.6 is 23.4 Å². The molecule has 2 rings (SSSR count). The summed E-state index contributed by atoms with van der Waals surface area (Å²) in [4.78, 5) is 15.1. The van der Waals surface area contributed by atoms with Gasteiger partial charge in [-0.2, -0.15) is 0 Å². The molecule has 19 heavy (non-hydrogen) atoms. The van der Waals surface area contributed by atoms with E-state index < -0.39 is 0 Å². The Bertz CT molecular complexity index is 535. The van der Waals surface area contributed by atoms with E-state index in [2.05, 4.69) is 26.8 Å². The number of anilines is 1. The van der Waals surface area contributed by atoms with Gasteiger partial charge in [-0.1, -0.05) is 29.4 Å². The maximum absolute atomic E-state index is 6.03. The van der Waals surface area contributed by atoms with E-state index in [1.807, 2.05) is 24.5 Å². The van der Waals surface area contributed by atoms with Gasteiger partial charge in [-0.05, 0) is 25.3 Å². The molecule has 0 aliphatic rings. The van der Waals surface area contributed by atoms with Crippen LogP contribution < -0.4 is 4.90 Å². The van der Waals surface area contributed by atoms with Crippen molar-refractivity contribution in [3.8, 4) is 0 Å². The van der Waals surface area contributed by atoms with Crippen molar-refractivity contribution in [2.45, 2.75) is 18.6 Å². The summed E-state index contributed by atoms with van der Waals surface area (Å²) in [7, 11) is 0. The zero-order chi connectivity index (χ0) is 13.7. The molecular formula is C13H15ClN4S. The van der Waals surface area contributed by atoms with E-state index in [9.17, 15) is 0 Å². The van der Waals surface area contributed by atoms with Crippen LogP contribution in [0.5, 0.6) is 0 Å². The molecule has 0 aromatic carbocycles. The Hall–Kier alpha value is -1.33. The second kappa shape index (κ2) is 6.73. The van der Waals surface area contributed by atoms with Crippen LogP contribution in [0, 0.1) is 0 Å². The van der Waals surface area contributed by atoms with Crippen molar-refractivity contribution in [2.24, 2.45) is 0 Å². The Morgan fingerprint density at radius 1 is 1.32 bits per heavy atom. The van der Waals surface area contributed by atoms with Gasteiger partial charge in [0.2, 0.25) is 0 Å². The summed E-state index contributed by atoms with van der Waals surface area (Å²) in [5.74, 6) is 0.831. The van der Waals surface area contributed by atoms with Crippen molar-refractivity contribution < 1.29 is 0 Å². The largest absolute Gasteiger partial charge is 0.351 e. The van der Waals surface area contributed by atoms with Gasteiger partial charge in [0, 0.05) is 18.8 Å².